The van der Waals surface area contributed by atoms with Crippen molar-refractivity contribution in [1.82, 2.24) is 16.0 Å². The van der Waals surface area contributed by atoms with E-state index in [0.29, 0.717) is 37.6 Å². The summed E-state index contributed by atoms with van der Waals surface area (Å²) < 4.78 is 39.8. The fourth-order valence-corrected chi connectivity index (χ4v) is 2.32. The molecular formula is C20H32F2N4O4. The second kappa shape index (κ2) is 12.7. The maximum absolute atomic E-state index is 12.6. The molecule has 0 saturated heterocycles. The highest BCUT2D eigenvalue weighted by Gasteiger charge is 2.15. The van der Waals surface area contributed by atoms with Gasteiger partial charge in [-0.05, 0) is 51.8 Å². The number of carbonyl (C=O) groups is 1. The summed E-state index contributed by atoms with van der Waals surface area (Å²) in [5.41, 5.74) is 0.157. The van der Waals surface area contributed by atoms with Crippen LogP contribution in [0.1, 0.15) is 39.7 Å². The SMILES string of the molecule is CCNC(=NCc1ccc(OC)c(OC(F)F)c1)NCCCNC(=O)OC(C)(C)C. The summed E-state index contributed by atoms with van der Waals surface area (Å²) in [6.07, 6.45) is 0.211. The zero-order valence-corrected chi connectivity index (χ0v) is 18.2. The van der Waals surface area contributed by atoms with Gasteiger partial charge >= 0.3 is 12.7 Å². The third kappa shape index (κ3) is 10.7. The molecule has 0 bridgehead atoms. The van der Waals surface area contributed by atoms with Gasteiger partial charge in [-0.25, -0.2) is 9.79 Å². The van der Waals surface area contributed by atoms with Crippen LogP contribution in [0.3, 0.4) is 0 Å². The van der Waals surface area contributed by atoms with Crippen LogP contribution in [0, 0.1) is 0 Å². The number of amides is 1. The Morgan fingerprint density at radius 2 is 1.83 bits per heavy atom. The minimum absolute atomic E-state index is 0.0358. The molecule has 30 heavy (non-hydrogen) atoms. The van der Waals surface area contributed by atoms with Crippen molar-refractivity contribution in [2.24, 2.45) is 4.99 Å². The molecule has 0 aliphatic carbocycles. The van der Waals surface area contributed by atoms with Crippen molar-refractivity contribution in [3.8, 4) is 11.5 Å². The Balaban J connectivity index is 2.55. The summed E-state index contributed by atoms with van der Waals surface area (Å²) in [6.45, 7) is 6.35. The number of aliphatic imine (C=N–C) groups is 1. The minimum atomic E-state index is -2.94. The highest BCUT2D eigenvalue weighted by atomic mass is 19.3. The first kappa shape index (κ1) is 25.3. The van der Waals surface area contributed by atoms with Gasteiger partial charge in [-0.15, -0.1) is 0 Å². The van der Waals surface area contributed by atoms with Gasteiger partial charge in [0, 0.05) is 19.6 Å². The quantitative estimate of drug-likeness (QED) is 0.300. The van der Waals surface area contributed by atoms with E-state index in [9.17, 15) is 13.6 Å². The molecule has 8 nitrogen and oxygen atoms in total. The lowest BCUT2D eigenvalue weighted by molar-refractivity contribution is -0.0512. The largest absolute Gasteiger partial charge is 0.493 e. The van der Waals surface area contributed by atoms with Crippen LogP contribution in [0.5, 0.6) is 11.5 Å². The molecule has 0 spiro atoms. The smallest absolute Gasteiger partial charge is 0.407 e. The molecule has 0 aromatic heterocycles. The third-order valence-electron chi connectivity index (χ3n) is 3.52. The third-order valence-corrected chi connectivity index (χ3v) is 3.52. The molecule has 0 aliphatic rings. The molecule has 1 rings (SSSR count). The Labute approximate surface area is 176 Å². The predicted octanol–water partition coefficient (Wildman–Crippen LogP) is 3.27. The summed E-state index contributed by atoms with van der Waals surface area (Å²) >= 11 is 0. The molecular weight excluding hydrogens is 398 g/mol. The second-order valence-electron chi connectivity index (χ2n) is 7.27. The van der Waals surface area contributed by atoms with E-state index in [1.807, 2.05) is 6.92 Å². The van der Waals surface area contributed by atoms with Crippen molar-refractivity contribution in [2.45, 2.75) is 52.9 Å². The second-order valence-corrected chi connectivity index (χ2v) is 7.27. The lowest BCUT2D eigenvalue weighted by Crippen LogP contribution is -2.39. The van der Waals surface area contributed by atoms with Gasteiger partial charge in [0.25, 0.3) is 0 Å². The molecule has 0 heterocycles. The number of hydrogen-bond donors (Lipinski definition) is 3. The highest BCUT2D eigenvalue weighted by Crippen LogP contribution is 2.29. The topological polar surface area (TPSA) is 93.2 Å². The molecule has 1 amide bonds. The Morgan fingerprint density at radius 3 is 2.43 bits per heavy atom. The van der Waals surface area contributed by atoms with E-state index in [2.05, 4.69) is 25.7 Å². The van der Waals surface area contributed by atoms with Crippen molar-refractivity contribution in [3.63, 3.8) is 0 Å². The van der Waals surface area contributed by atoms with Crippen LogP contribution in [0.25, 0.3) is 0 Å². The van der Waals surface area contributed by atoms with Crippen LogP contribution in [-0.2, 0) is 11.3 Å². The molecule has 1 aromatic rings. The van der Waals surface area contributed by atoms with Crippen molar-refractivity contribution in [3.05, 3.63) is 23.8 Å². The first-order valence-corrected chi connectivity index (χ1v) is 9.75. The number of methoxy groups -OCH3 is 1. The van der Waals surface area contributed by atoms with Gasteiger partial charge in [0.05, 0.1) is 13.7 Å². The number of halogens is 2. The molecule has 170 valence electrons. The van der Waals surface area contributed by atoms with Gasteiger partial charge in [-0.2, -0.15) is 8.78 Å². The number of nitrogens with one attached hydrogen (secondary N) is 3. The van der Waals surface area contributed by atoms with Crippen molar-refractivity contribution >= 4 is 12.1 Å². The van der Waals surface area contributed by atoms with E-state index in [4.69, 9.17) is 9.47 Å². The van der Waals surface area contributed by atoms with E-state index in [1.165, 1.54) is 13.2 Å². The molecule has 10 heteroatoms. The first-order chi connectivity index (χ1) is 14.1. The zero-order chi connectivity index (χ0) is 22.6. The van der Waals surface area contributed by atoms with Crippen molar-refractivity contribution < 1.29 is 27.8 Å². The Morgan fingerprint density at radius 1 is 1.13 bits per heavy atom. The Bertz CT molecular complexity index is 694. The number of rotatable bonds is 10. The van der Waals surface area contributed by atoms with Gasteiger partial charge in [-0.1, -0.05) is 6.07 Å². The number of hydrogen-bond acceptors (Lipinski definition) is 5. The number of guanidine groups is 1. The summed E-state index contributed by atoms with van der Waals surface area (Å²) in [6, 6.07) is 4.77. The van der Waals surface area contributed by atoms with E-state index in [-0.39, 0.29) is 18.0 Å². The monoisotopic (exact) mass is 430 g/mol. The number of alkyl halides is 2. The lowest BCUT2D eigenvalue weighted by Gasteiger charge is -2.19. The molecule has 0 atom stereocenters. The van der Waals surface area contributed by atoms with E-state index >= 15 is 0 Å². The van der Waals surface area contributed by atoms with Gasteiger partial charge in [0.15, 0.2) is 17.5 Å². The fourth-order valence-electron chi connectivity index (χ4n) is 2.32. The minimum Gasteiger partial charge on any atom is -0.493 e. The molecule has 3 N–H and O–H groups in total. The number of benzene rings is 1. The molecule has 0 saturated carbocycles. The molecule has 0 aliphatic heterocycles. The van der Waals surface area contributed by atoms with Crippen LogP contribution in [0.4, 0.5) is 13.6 Å². The normalized spacial score (nSPS) is 11.8. The summed E-state index contributed by atoms with van der Waals surface area (Å²) in [5.74, 6) is 0.763. The van der Waals surface area contributed by atoms with Crippen molar-refractivity contribution in [1.29, 1.82) is 0 Å². The van der Waals surface area contributed by atoms with E-state index < -0.39 is 18.3 Å². The average Bonchev–Trinajstić information content (AvgIpc) is 2.64. The zero-order valence-electron chi connectivity index (χ0n) is 18.2. The van der Waals surface area contributed by atoms with Crippen LogP contribution in [0.15, 0.2) is 23.2 Å². The van der Waals surface area contributed by atoms with Gasteiger partial charge in [0.1, 0.15) is 5.60 Å². The number of ether oxygens (including phenoxy) is 3. The highest BCUT2D eigenvalue weighted by molar-refractivity contribution is 5.79. The maximum Gasteiger partial charge on any atom is 0.407 e. The first-order valence-electron chi connectivity index (χ1n) is 9.75. The van der Waals surface area contributed by atoms with Gasteiger partial charge in [-0.3, -0.25) is 0 Å². The molecule has 1 aromatic carbocycles. The van der Waals surface area contributed by atoms with Crippen molar-refractivity contribution in [2.75, 3.05) is 26.7 Å². The maximum atomic E-state index is 12.6. The standard InChI is InChI=1S/C20H32F2N4O4/c1-6-23-18(24-10-7-11-25-19(27)30-20(2,3)4)26-13-14-8-9-15(28-5)16(12-14)29-17(21)22/h8-9,12,17H,6-7,10-11,13H2,1-5H3,(H,25,27)(H2,23,24,26). The lowest BCUT2D eigenvalue weighted by atomic mass is 10.2. The molecule has 0 unspecified atom stereocenters. The number of carbonyl (C=O) groups excluding carboxylic acids is 1. The van der Waals surface area contributed by atoms with Gasteiger partial charge < -0.3 is 30.2 Å². The van der Waals surface area contributed by atoms with E-state index in [1.54, 1.807) is 32.9 Å². The Kier molecular flexibility index (Phi) is 10.7. The molecule has 0 fully saturated rings. The van der Waals surface area contributed by atoms with E-state index in [0.717, 1.165) is 0 Å². The summed E-state index contributed by atoms with van der Waals surface area (Å²) in [4.78, 5) is 16.0. The average molecular weight is 430 g/mol. The van der Waals surface area contributed by atoms with Crippen LogP contribution >= 0.6 is 0 Å². The van der Waals surface area contributed by atoms with Gasteiger partial charge in [0.2, 0.25) is 0 Å². The number of nitrogens with zero attached hydrogens (tertiary/aromatic N) is 1. The van der Waals surface area contributed by atoms with Crippen LogP contribution < -0.4 is 25.4 Å². The van der Waals surface area contributed by atoms with Crippen LogP contribution in [-0.4, -0.2) is 51.0 Å². The summed E-state index contributed by atoms with van der Waals surface area (Å²) in [5, 5.41) is 8.94. The fraction of sp³-hybridized carbons (Fsp3) is 0.600. The predicted molar refractivity (Wildman–Crippen MR) is 111 cm³/mol. The number of alkyl carbamates (subject to hydrolysis) is 1. The summed E-state index contributed by atoms with van der Waals surface area (Å²) in [7, 11) is 1.39. The Hall–Kier alpha value is -2.78. The molecule has 0 radical (unpaired) electrons. The van der Waals surface area contributed by atoms with Crippen LogP contribution in [0.2, 0.25) is 0 Å².